The molecule has 1 fully saturated rings. The lowest BCUT2D eigenvalue weighted by molar-refractivity contribution is -0.137. The first-order valence-corrected chi connectivity index (χ1v) is 10.9. The van der Waals surface area contributed by atoms with Crippen LogP contribution in [0.2, 0.25) is 5.02 Å². The number of hydrogen-bond donors (Lipinski definition) is 0. The van der Waals surface area contributed by atoms with Crippen molar-refractivity contribution in [1.82, 2.24) is 9.88 Å². The number of nitrogens with zero attached hydrogens (tertiary/aromatic N) is 3. The summed E-state index contributed by atoms with van der Waals surface area (Å²) in [5.74, 6) is 1.23. The summed E-state index contributed by atoms with van der Waals surface area (Å²) in [5, 5.41) is 0.380. The number of aromatic nitrogens is 1. The van der Waals surface area contributed by atoms with E-state index >= 15 is 0 Å². The summed E-state index contributed by atoms with van der Waals surface area (Å²) in [6.07, 6.45) is 0.223. The molecule has 0 unspecified atom stereocenters. The zero-order valence-corrected chi connectivity index (χ0v) is 19.1. The monoisotopic (exact) mass is 483 g/mol. The smallest absolute Gasteiger partial charge is 0.417 e. The molecule has 0 atom stereocenters. The molecule has 1 aromatic carbocycles. The van der Waals surface area contributed by atoms with Gasteiger partial charge in [0.05, 0.1) is 24.3 Å². The minimum atomic E-state index is -4.42. The van der Waals surface area contributed by atoms with Crippen molar-refractivity contribution in [1.29, 1.82) is 0 Å². The van der Waals surface area contributed by atoms with E-state index in [-0.39, 0.29) is 5.91 Å². The fourth-order valence-electron chi connectivity index (χ4n) is 3.53. The second kappa shape index (κ2) is 10.8. The number of pyridine rings is 1. The maximum absolute atomic E-state index is 12.8. The molecule has 2 heterocycles. The van der Waals surface area contributed by atoms with Crippen molar-refractivity contribution >= 4 is 29.4 Å². The highest BCUT2D eigenvalue weighted by Gasteiger charge is 2.31. The summed E-state index contributed by atoms with van der Waals surface area (Å²) < 4.78 is 49.1. The van der Waals surface area contributed by atoms with Crippen LogP contribution in [0.15, 0.2) is 36.5 Å². The molecule has 3 rings (SSSR count). The van der Waals surface area contributed by atoms with Gasteiger partial charge < -0.3 is 19.3 Å². The first-order chi connectivity index (χ1) is 15.7. The van der Waals surface area contributed by atoms with Crippen LogP contribution >= 0.6 is 11.6 Å². The minimum absolute atomic E-state index is 0.165. The van der Waals surface area contributed by atoms with Crippen LogP contribution in [-0.4, -0.2) is 55.7 Å². The number of carbonyl (C=O) groups excluding carboxylic acids is 1. The van der Waals surface area contributed by atoms with Gasteiger partial charge in [0.25, 0.3) is 0 Å². The van der Waals surface area contributed by atoms with Gasteiger partial charge in [0.1, 0.15) is 5.82 Å². The van der Waals surface area contributed by atoms with Crippen molar-refractivity contribution in [3.8, 4) is 11.5 Å². The van der Waals surface area contributed by atoms with E-state index in [9.17, 15) is 18.0 Å². The SMILES string of the molecule is CCOc1cc(/C=C/C(=O)N2CCCN(c3ccc(C(F)(F)F)cn3)CC2)cc(Cl)c1OC. The van der Waals surface area contributed by atoms with E-state index in [2.05, 4.69) is 4.98 Å². The molecule has 33 heavy (non-hydrogen) atoms. The lowest BCUT2D eigenvalue weighted by Crippen LogP contribution is -2.34. The van der Waals surface area contributed by atoms with Gasteiger partial charge in [-0.1, -0.05) is 11.6 Å². The molecule has 1 saturated heterocycles. The van der Waals surface area contributed by atoms with Crippen LogP contribution < -0.4 is 14.4 Å². The van der Waals surface area contributed by atoms with Gasteiger partial charge in [-0.2, -0.15) is 13.2 Å². The van der Waals surface area contributed by atoms with Gasteiger partial charge in [0, 0.05) is 38.5 Å². The normalized spacial score (nSPS) is 15.0. The Kier molecular flexibility index (Phi) is 8.07. The maximum atomic E-state index is 12.8. The number of alkyl halides is 3. The average molecular weight is 484 g/mol. The first-order valence-electron chi connectivity index (χ1n) is 10.5. The molecule has 0 spiro atoms. The second-order valence-corrected chi connectivity index (χ2v) is 7.78. The Morgan fingerprint density at radius 2 is 2.00 bits per heavy atom. The van der Waals surface area contributed by atoms with Crippen LogP contribution in [-0.2, 0) is 11.0 Å². The number of halogens is 4. The molecule has 1 aromatic heterocycles. The van der Waals surface area contributed by atoms with Crippen LogP contribution in [0.25, 0.3) is 6.08 Å². The van der Waals surface area contributed by atoms with Crippen LogP contribution in [0.5, 0.6) is 11.5 Å². The molecule has 0 aliphatic carbocycles. The number of ether oxygens (including phenoxy) is 2. The summed E-state index contributed by atoms with van der Waals surface area (Å²) in [4.78, 5) is 20.3. The third kappa shape index (κ3) is 6.31. The Bertz CT molecular complexity index is 997. The quantitative estimate of drug-likeness (QED) is 0.546. The number of benzene rings is 1. The Labute approximate surface area is 195 Å². The van der Waals surface area contributed by atoms with E-state index in [0.717, 1.165) is 12.3 Å². The third-order valence-electron chi connectivity index (χ3n) is 5.16. The van der Waals surface area contributed by atoms with Crippen molar-refractivity contribution < 1.29 is 27.4 Å². The molecule has 1 aliphatic rings. The average Bonchev–Trinajstić information content (AvgIpc) is 3.03. The summed E-state index contributed by atoms with van der Waals surface area (Å²) in [5.41, 5.74) is -0.0860. The zero-order valence-electron chi connectivity index (χ0n) is 18.4. The minimum Gasteiger partial charge on any atom is -0.491 e. The number of hydrogen-bond acceptors (Lipinski definition) is 5. The molecule has 0 radical (unpaired) electrons. The van der Waals surface area contributed by atoms with Crippen LogP contribution in [0.3, 0.4) is 0 Å². The van der Waals surface area contributed by atoms with Crippen LogP contribution in [0.1, 0.15) is 24.5 Å². The lowest BCUT2D eigenvalue weighted by Gasteiger charge is -2.22. The molecule has 0 bridgehead atoms. The van der Waals surface area contributed by atoms with Gasteiger partial charge in [-0.3, -0.25) is 4.79 Å². The van der Waals surface area contributed by atoms with Gasteiger partial charge in [-0.15, -0.1) is 0 Å². The number of carbonyl (C=O) groups is 1. The van der Waals surface area contributed by atoms with Crippen molar-refractivity contribution in [3.63, 3.8) is 0 Å². The van der Waals surface area contributed by atoms with E-state index in [1.165, 1.54) is 19.3 Å². The Morgan fingerprint density at radius 1 is 1.21 bits per heavy atom. The van der Waals surface area contributed by atoms with Crippen molar-refractivity contribution in [2.24, 2.45) is 0 Å². The fourth-order valence-corrected chi connectivity index (χ4v) is 3.82. The zero-order chi connectivity index (χ0) is 24.0. The van der Waals surface area contributed by atoms with E-state index < -0.39 is 11.7 Å². The highest BCUT2D eigenvalue weighted by Crippen LogP contribution is 2.36. The number of amides is 1. The third-order valence-corrected chi connectivity index (χ3v) is 5.44. The van der Waals surface area contributed by atoms with Crippen molar-refractivity contribution in [3.05, 3.63) is 52.7 Å². The van der Waals surface area contributed by atoms with Crippen LogP contribution in [0.4, 0.5) is 19.0 Å². The molecule has 178 valence electrons. The first kappa shape index (κ1) is 24.7. The Hall–Kier alpha value is -2.94. The van der Waals surface area contributed by atoms with Crippen molar-refractivity contribution in [2.45, 2.75) is 19.5 Å². The standard InChI is InChI=1S/C23H25ClF3N3O3/c1-3-33-19-14-16(13-18(24)22(19)32-2)5-8-21(31)30-10-4-9-29(11-12-30)20-7-6-17(15-28-20)23(25,26)27/h5-8,13-15H,3-4,9-12H2,1-2H3/b8-5+. The number of rotatable bonds is 6. The van der Waals surface area contributed by atoms with Crippen LogP contribution in [0, 0.1) is 0 Å². The van der Waals surface area contributed by atoms with Crippen molar-refractivity contribution in [2.75, 3.05) is 44.8 Å². The van der Waals surface area contributed by atoms with E-state index in [1.54, 1.807) is 23.1 Å². The molecule has 0 N–H and O–H groups in total. The van der Waals surface area contributed by atoms with Gasteiger partial charge in [-0.25, -0.2) is 4.98 Å². The molecular formula is C23H25ClF3N3O3. The van der Waals surface area contributed by atoms with E-state index in [1.807, 2.05) is 11.8 Å². The Morgan fingerprint density at radius 3 is 2.64 bits per heavy atom. The Balaban J connectivity index is 1.64. The topological polar surface area (TPSA) is 54.9 Å². The fraction of sp³-hybridized carbons (Fsp3) is 0.391. The summed E-state index contributed by atoms with van der Waals surface area (Å²) >= 11 is 6.26. The number of anilines is 1. The molecule has 10 heteroatoms. The highest BCUT2D eigenvalue weighted by atomic mass is 35.5. The van der Waals surface area contributed by atoms with E-state index in [0.29, 0.717) is 67.1 Å². The molecule has 2 aromatic rings. The summed E-state index contributed by atoms with van der Waals surface area (Å²) in [7, 11) is 1.51. The molecule has 0 saturated carbocycles. The summed E-state index contributed by atoms with van der Waals surface area (Å²) in [6.45, 7) is 4.32. The predicted octanol–water partition coefficient (Wildman–Crippen LogP) is 4.91. The molecular weight excluding hydrogens is 459 g/mol. The second-order valence-electron chi connectivity index (χ2n) is 7.37. The predicted molar refractivity (Wildman–Crippen MR) is 121 cm³/mol. The largest absolute Gasteiger partial charge is 0.491 e. The summed E-state index contributed by atoms with van der Waals surface area (Å²) in [6, 6.07) is 5.82. The van der Waals surface area contributed by atoms with Gasteiger partial charge >= 0.3 is 6.18 Å². The highest BCUT2D eigenvalue weighted by molar-refractivity contribution is 6.32. The molecule has 1 amide bonds. The molecule has 6 nitrogen and oxygen atoms in total. The van der Waals surface area contributed by atoms with Gasteiger partial charge in [0.2, 0.25) is 5.91 Å². The number of methoxy groups -OCH3 is 1. The lowest BCUT2D eigenvalue weighted by atomic mass is 10.1. The maximum Gasteiger partial charge on any atom is 0.417 e. The van der Waals surface area contributed by atoms with E-state index in [4.69, 9.17) is 21.1 Å². The van der Waals surface area contributed by atoms with Gasteiger partial charge in [-0.05, 0) is 49.2 Å². The molecule has 1 aliphatic heterocycles. The van der Waals surface area contributed by atoms with Gasteiger partial charge in [0.15, 0.2) is 11.5 Å².